The number of imidazole rings is 1. The molecule has 0 unspecified atom stereocenters. The minimum atomic E-state index is -0.472. The van der Waals surface area contributed by atoms with E-state index in [4.69, 9.17) is 5.73 Å². The molecule has 2 amide bonds. The van der Waals surface area contributed by atoms with Crippen LogP contribution in [0.1, 0.15) is 30.0 Å². The van der Waals surface area contributed by atoms with Crippen LogP contribution in [0.15, 0.2) is 60.1 Å². The molecule has 3 rings (SSSR count). The molecular weight excluding hydrogens is 382 g/mol. The van der Waals surface area contributed by atoms with E-state index < -0.39 is 6.03 Å². The number of amides is 2. The number of aromatic nitrogens is 3. The number of carbonyl (C=O) groups excluding carboxylic acids is 2. The number of nitrogens with zero attached hydrogens (tertiary/aromatic N) is 4. The summed E-state index contributed by atoms with van der Waals surface area (Å²) in [6, 6.07) is 8.48. The third kappa shape index (κ3) is 4.69. The van der Waals surface area contributed by atoms with Gasteiger partial charge in [-0.25, -0.2) is 14.8 Å². The first-order chi connectivity index (χ1) is 14.5. The Morgan fingerprint density at radius 2 is 2.00 bits per heavy atom. The minimum absolute atomic E-state index is 0.122. The zero-order chi connectivity index (χ0) is 21.5. The van der Waals surface area contributed by atoms with Crippen molar-refractivity contribution in [2.24, 2.45) is 10.7 Å². The molecule has 0 radical (unpaired) electrons. The van der Waals surface area contributed by atoms with E-state index in [2.05, 4.69) is 25.6 Å². The first-order valence-corrected chi connectivity index (χ1v) is 9.52. The molecule has 2 heterocycles. The zero-order valence-corrected chi connectivity index (χ0v) is 16.8. The summed E-state index contributed by atoms with van der Waals surface area (Å²) >= 11 is 0. The molecule has 9 heteroatoms. The SMILES string of the molecule is CCNC(=O)NC(N)=Nc1ccc(-c2cccnc2)cc1C(=O)c1nccn1CC. The standard InChI is InChI=1S/C21H23N7O2/c1-3-24-21(30)27-20(22)26-17-8-7-14(15-6-5-9-23-13-15)12-16(17)18(29)19-25-10-11-28(19)4-2/h5-13H,3-4H2,1-2H3,(H4,22,24,26,27,30). The monoisotopic (exact) mass is 405 g/mol. The molecule has 0 aliphatic carbocycles. The fourth-order valence-electron chi connectivity index (χ4n) is 2.90. The highest BCUT2D eigenvalue weighted by Gasteiger charge is 2.19. The van der Waals surface area contributed by atoms with Crippen LogP contribution in [0.2, 0.25) is 0 Å². The lowest BCUT2D eigenvalue weighted by Gasteiger charge is -2.11. The van der Waals surface area contributed by atoms with Crippen molar-refractivity contribution in [1.82, 2.24) is 25.2 Å². The summed E-state index contributed by atoms with van der Waals surface area (Å²) in [4.78, 5) is 37.6. The molecule has 154 valence electrons. The lowest BCUT2D eigenvalue weighted by Crippen LogP contribution is -2.43. The van der Waals surface area contributed by atoms with Gasteiger partial charge in [0.05, 0.1) is 11.3 Å². The third-order valence-electron chi connectivity index (χ3n) is 4.32. The van der Waals surface area contributed by atoms with Gasteiger partial charge in [-0.2, -0.15) is 0 Å². The highest BCUT2D eigenvalue weighted by Crippen LogP contribution is 2.28. The molecule has 3 aromatic rings. The quantitative estimate of drug-likeness (QED) is 0.330. The molecule has 0 atom stereocenters. The Morgan fingerprint density at radius 3 is 2.70 bits per heavy atom. The van der Waals surface area contributed by atoms with Gasteiger partial charge in [0.25, 0.3) is 0 Å². The predicted octanol–water partition coefficient (Wildman–Crippen LogP) is 2.46. The third-order valence-corrected chi connectivity index (χ3v) is 4.32. The Balaban J connectivity index is 2.05. The van der Waals surface area contributed by atoms with Crippen LogP contribution < -0.4 is 16.4 Å². The molecular formula is C21H23N7O2. The van der Waals surface area contributed by atoms with Crippen molar-refractivity contribution in [2.75, 3.05) is 6.54 Å². The normalized spacial score (nSPS) is 11.2. The van der Waals surface area contributed by atoms with Crippen molar-refractivity contribution in [1.29, 1.82) is 0 Å². The fraction of sp³-hybridized carbons (Fsp3) is 0.190. The van der Waals surface area contributed by atoms with E-state index in [-0.39, 0.29) is 11.7 Å². The van der Waals surface area contributed by atoms with Gasteiger partial charge in [-0.1, -0.05) is 12.1 Å². The van der Waals surface area contributed by atoms with E-state index in [0.29, 0.717) is 30.2 Å². The Kier molecular flexibility index (Phi) is 6.53. The van der Waals surface area contributed by atoms with Crippen molar-refractivity contribution in [3.05, 3.63) is 66.5 Å². The number of nitrogens with two attached hydrogens (primary N) is 1. The number of aliphatic imine (C=N–C) groups is 1. The van der Waals surface area contributed by atoms with Crippen LogP contribution in [-0.4, -0.2) is 38.9 Å². The Hall–Kier alpha value is -4.01. The zero-order valence-electron chi connectivity index (χ0n) is 16.8. The molecule has 0 bridgehead atoms. The van der Waals surface area contributed by atoms with Gasteiger partial charge >= 0.3 is 6.03 Å². The van der Waals surface area contributed by atoms with Crippen LogP contribution >= 0.6 is 0 Å². The number of hydrogen-bond donors (Lipinski definition) is 3. The lowest BCUT2D eigenvalue weighted by molar-refractivity contribution is 0.102. The van der Waals surface area contributed by atoms with E-state index >= 15 is 0 Å². The highest BCUT2D eigenvalue weighted by molar-refractivity contribution is 6.11. The molecule has 0 aliphatic rings. The van der Waals surface area contributed by atoms with Crippen molar-refractivity contribution >= 4 is 23.5 Å². The number of nitrogens with one attached hydrogen (secondary N) is 2. The van der Waals surface area contributed by atoms with Crippen LogP contribution in [0, 0.1) is 0 Å². The lowest BCUT2D eigenvalue weighted by atomic mass is 10.0. The van der Waals surface area contributed by atoms with Crippen molar-refractivity contribution in [2.45, 2.75) is 20.4 Å². The van der Waals surface area contributed by atoms with Crippen molar-refractivity contribution in [3.8, 4) is 11.1 Å². The summed E-state index contributed by atoms with van der Waals surface area (Å²) < 4.78 is 1.75. The molecule has 4 N–H and O–H groups in total. The second kappa shape index (κ2) is 9.46. The number of carbonyl (C=O) groups is 2. The molecule has 0 fully saturated rings. The highest BCUT2D eigenvalue weighted by atomic mass is 16.2. The summed E-state index contributed by atoms with van der Waals surface area (Å²) in [5.74, 6) is -0.118. The number of rotatable bonds is 6. The molecule has 0 spiro atoms. The first-order valence-electron chi connectivity index (χ1n) is 9.52. The Labute approximate surface area is 174 Å². The van der Waals surface area contributed by atoms with Gasteiger partial charge in [-0.15, -0.1) is 0 Å². The van der Waals surface area contributed by atoms with Gasteiger partial charge < -0.3 is 15.6 Å². The maximum atomic E-state index is 13.3. The van der Waals surface area contributed by atoms with E-state index in [1.165, 1.54) is 0 Å². The second-order valence-corrected chi connectivity index (χ2v) is 6.32. The molecule has 1 aromatic carbocycles. The Morgan fingerprint density at radius 1 is 1.17 bits per heavy atom. The molecule has 30 heavy (non-hydrogen) atoms. The average Bonchev–Trinajstić information content (AvgIpc) is 3.23. The van der Waals surface area contributed by atoms with Crippen LogP contribution in [0.3, 0.4) is 0 Å². The number of aryl methyl sites for hydroxylation is 1. The fourth-order valence-corrected chi connectivity index (χ4v) is 2.90. The molecule has 0 aliphatic heterocycles. The van der Waals surface area contributed by atoms with Gasteiger partial charge in [0.15, 0.2) is 5.82 Å². The van der Waals surface area contributed by atoms with E-state index in [9.17, 15) is 9.59 Å². The van der Waals surface area contributed by atoms with E-state index in [1.807, 2.05) is 25.1 Å². The van der Waals surface area contributed by atoms with Gasteiger partial charge in [0, 0.05) is 43.4 Å². The molecule has 2 aromatic heterocycles. The average molecular weight is 405 g/mol. The minimum Gasteiger partial charge on any atom is -0.369 e. The number of pyridine rings is 1. The first kappa shape index (κ1) is 20.7. The summed E-state index contributed by atoms with van der Waals surface area (Å²) in [5.41, 5.74) is 8.17. The van der Waals surface area contributed by atoms with E-state index in [1.54, 1.807) is 48.4 Å². The van der Waals surface area contributed by atoms with Crippen molar-refractivity contribution < 1.29 is 9.59 Å². The smallest absolute Gasteiger partial charge is 0.321 e. The van der Waals surface area contributed by atoms with Gasteiger partial charge in [0.2, 0.25) is 11.7 Å². The predicted molar refractivity (Wildman–Crippen MR) is 114 cm³/mol. The van der Waals surface area contributed by atoms with Crippen LogP contribution in [0.5, 0.6) is 0 Å². The molecule has 0 saturated heterocycles. The van der Waals surface area contributed by atoms with Gasteiger partial charge in [-0.3, -0.25) is 15.1 Å². The number of ketones is 1. The summed E-state index contributed by atoms with van der Waals surface area (Å²) in [6.07, 6.45) is 6.71. The maximum Gasteiger partial charge on any atom is 0.321 e. The van der Waals surface area contributed by atoms with Crippen LogP contribution in [-0.2, 0) is 6.54 Å². The van der Waals surface area contributed by atoms with Crippen molar-refractivity contribution in [3.63, 3.8) is 0 Å². The number of urea groups is 1. The van der Waals surface area contributed by atoms with E-state index in [0.717, 1.165) is 11.1 Å². The molecule has 0 saturated carbocycles. The summed E-state index contributed by atoms with van der Waals surface area (Å²) in [6.45, 7) is 4.76. The number of benzene rings is 1. The topological polar surface area (TPSA) is 127 Å². The van der Waals surface area contributed by atoms with Gasteiger partial charge in [-0.05, 0) is 37.6 Å². The van der Waals surface area contributed by atoms with Crippen LogP contribution in [0.4, 0.5) is 10.5 Å². The summed E-state index contributed by atoms with van der Waals surface area (Å²) in [5, 5.41) is 5.00. The van der Waals surface area contributed by atoms with Gasteiger partial charge in [0.1, 0.15) is 0 Å². The van der Waals surface area contributed by atoms with Crippen LogP contribution in [0.25, 0.3) is 11.1 Å². The Bertz CT molecular complexity index is 1070. The number of guanidine groups is 1. The summed E-state index contributed by atoms with van der Waals surface area (Å²) in [7, 11) is 0. The number of hydrogen-bond acceptors (Lipinski definition) is 5. The maximum absolute atomic E-state index is 13.3. The molecule has 9 nitrogen and oxygen atoms in total. The largest absolute Gasteiger partial charge is 0.369 e. The second-order valence-electron chi connectivity index (χ2n) is 6.32.